The van der Waals surface area contributed by atoms with Crippen molar-refractivity contribution in [1.82, 2.24) is 5.43 Å². The molecule has 0 aliphatic carbocycles. The van der Waals surface area contributed by atoms with Gasteiger partial charge in [0.15, 0.2) is 11.5 Å². The van der Waals surface area contributed by atoms with Crippen LogP contribution >= 0.6 is 0 Å². The molecule has 0 radical (unpaired) electrons. The third kappa shape index (κ3) is 6.35. The molecule has 3 aromatic carbocycles. The van der Waals surface area contributed by atoms with Crippen LogP contribution in [0.3, 0.4) is 0 Å². The number of sulfonamides is 1. The van der Waals surface area contributed by atoms with E-state index in [9.17, 15) is 13.2 Å². The van der Waals surface area contributed by atoms with E-state index in [4.69, 9.17) is 18.9 Å². The van der Waals surface area contributed by atoms with Gasteiger partial charge < -0.3 is 18.9 Å². The minimum Gasteiger partial charge on any atom is -0.497 e. The topological polar surface area (TPSA) is 116 Å². The van der Waals surface area contributed by atoms with E-state index >= 15 is 0 Å². The van der Waals surface area contributed by atoms with Gasteiger partial charge >= 0.3 is 0 Å². The number of rotatable bonds is 12. The molecule has 0 fully saturated rings. The molecule has 11 heteroatoms. The van der Waals surface area contributed by atoms with Gasteiger partial charge in [-0.1, -0.05) is 25.1 Å². The Hall–Kier alpha value is -4.25. The molecule has 202 valence electrons. The molecule has 0 atom stereocenters. The van der Waals surface area contributed by atoms with E-state index < -0.39 is 22.5 Å². The van der Waals surface area contributed by atoms with Crippen LogP contribution in [0, 0.1) is 0 Å². The number of benzene rings is 3. The van der Waals surface area contributed by atoms with E-state index in [-0.39, 0.29) is 16.3 Å². The zero-order chi connectivity index (χ0) is 27.7. The number of carbonyl (C=O) groups is 1. The van der Waals surface area contributed by atoms with Gasteiger partial charge in [-0.05, 0) is 48.9 Å². The summed E-state index contributed by atoms with van der Waals surface area (Å²) in [5.74, 6) is 1.07. The third-order valence-electron chi connectivity index (χ3n) is 5.64. The van der Waals surface area contributed by atoms with Crippen LogP contribution in [0.25, 0.3) is 0 Å². The van der Waals surface area contributed by atoms with Gasteiger partial charge in [-0.2, -0.15) is 5.10 Å². The van der Waals surface area contributed by atoms with Gasteiger partial charge in [-0.15, -0.1) is 0 Å². The Morgan fingerprint density at radius 3 is 2.11 bits per heavy atom. The number of hydrogen-bond acceptors (Lipinski definition) is 8. The van der Waals surface area contributed by atoms with Gasteiger partial charge in [-0.3, -0.25) is 9.10 Å². The van der Waals surface area contributed by atoms with Crippen LogP contribution in [0.2, 0.25) is 0 Å². The second-order valence-electron chi connectivity index (χ2n) is 7.88. The van der Waals surface area contributed by atoms with Crippen LogP contribution in [0.15, 0.2) is 76.7 Å². The van der Waals surface area contributed by atoms with Crippen molar-refractivity contribution in [3.63, 3.8) is 0 Å². The molecule has 0 bridgehead atoms. The van der Waals surface area contributed by atoms with Crippen molar-refractivity contribution in [2.75, 3.05) is 39.3 Å². The summed E-state index contributed by atoms with van der Waals surface area (Å²) in [7, 11) is 1.79. The van der Waals surface area contributed by atoms with Gasteiger partial charge in [0.05, 0.1) is 44.7 Å². The van der Waals surface area contributed by atoms with E-state index in [0.29, 0.717) is 34.9 Å². The van der Waals surface area contributed by atoms with Crippen molar-refractivity contribution in [3.8, 4) is 23.0 Å². The molecule has 10 nitrogen and oxygen atoms in total. The fourth-order valence-electron chi connectivity index (χ4n) is 3.67. The van der Waals surface area contributed by atoms with Gasteiger partial charge in [0.25, 0.3) is 15.9 Å². The molecule has 1 N–H and O–H groups in total. The predicted octanol–water partition coefficient (Wildman–Crippen LogP) is 3.85. The van der Waals surface area contributed by atoms with E-state index in [1.165, 1.54) is 39.5 Å². The predicted molar refractivity (Wildman–Crippen MR) is 145 cm³/mol. The van der Waals surface area contributed by atoms with Crippen LogP contribution in [-0.2, 0) is 14.8 Å². The summed E-state index contributed by atoms with van der Waals surface area (Å²) in [5.41, 5.74) is 3.91. The van der Waals surface area contributed by atoms with Crippen molar-refractivity contribution >= 4 is 27.3 Å². The summed E-state index contributed by atoms with van der Waals surface area (Å²) in [6.07, 6.45) is 0.492. The van der Waals surface area contributed by atoms with Crippen LogP contribution in [-0.4, -0.2) is 55.0 Å². The van der Waals surface area contributed by atoms with Crippen LogP contribution < -0.4 is 28.7 Å². The van der Waals surface area contributed by atoms with Gasteiger partial charge in [0.2, 0.25) is 0 Å². The first-order valence-corrected chi connectivity index (χ1v) is 13.1. The Morgan fingerprint density at radius 2 is 1.50 bits per heavy atom. The summed E-state index contributed by atoms with van der Waals surface area (Å²) in [5, 5.41) is 4.26. The average molecular weight is 542 g/mol. The average Bonchev–Trinajstić information content (AvgIpc) is 2.96. The first-order valence-electron chi connectivity index (χ1n) is 11.7. The number of amides is 1. The van der Waals surface area contributed by atoms with Gasteiger partial charge in [-0.25, -0.2) is 13.8 Å². The lowest BCUT2D eigenvalue weighted by atomic mass is 10.1. The maximum atomic E-state index is 13.7. The van der Waals surface area contributed by atoms with Crippen LogP contribution in [0.4, 0.5) is 5.69 Å². The van der Waals surface area contributed by atoms with E-state index in [2.05, 4.69) is 10.5 Å². The Bertz CT molecular complexity index is 1390. The number of hydrazone groups is 1. The molecule has 0 saturated heterocycles. The van der Waals surface area contributed by atoms with Crippen LogP contribution in [0.5, 0.6) is 23.0 Å². The molecule has 3 rings (SSSR count). The molecule has 0 aliphatic heterocycles. The zero-order valence-electron chi connectivity index (χ0n) is 21.9. The zero-order valence-corrected chi connectivity index (χ0v) is 22.7. The lowest BCUT2D eigenvalue weighted by molar-refractivity contribution is -0.119. The Balaban J connectivity index is 1.97. The second kappa shape index (κ2) is 12.8. The minimum absolute atomic E-state index is 0.0146. The molecule has 0 heterocycles. The highest BCUT2D eigenvalue weighted by Crippen LogP contribution is 2.35. The molecule has 3 aromatic rings. The number of ether oxygens (including phenoxy) is 4. The number of nitrogens with zero attached hydrogens (tertiary/aromatic N) is 2. The lowest BCUT2D eigenvalue weighted by Crippen LogP contribution is -2.40. The van der Waals surface area contributed by atoms with E-state index in [0.717, 1.165) is 4.31 Å². The highest BCUT2D eigenvalue weighted by molar-refractivity contribution is 7.92. The van der Waals surface area contributed by atoms with Crippen molar-refractivity contribution < 1.29 is 32.2 Å². The smallest absolute Gasteiger partial charge is 0.264 e. The Labute approximate surface area is 222 Å². The van der Waals surface area contributed by atoms with Gasteiger partial charge in [0, 0.05) is 11.6 Å². The summed E-state index contributed by atoms with van der Waals surface area (Å²) >= 11 is 0. The van der Waals surface area contributed by atoms with Crippen molar-refractivity contribution in [2.24, 2.45) is 5.10 Å². The first-order chi connectivity index (χ1) is 18.3. The Morgan fingerprint density at radius 1 is 0.842 bits per heavy atom. The normalized spacial score (nSPS) is 11.4. The summed E-state index contributed by atoms with van der Waals surface area (Å²) in [6, 6.07) is 17.8. The second-order valence-corrected chi connectivity index (χ2v) is 9.74. The first kappa shape index (κ1) is 28.3. The quantitative estimate of drug-likeness (QED) is 0.274. The van der Waals surface area contributed by atoms with Crippen molar-refractivity contribution in [2.45, 2.75) is 18.2 Å². The van der Waals surface area contributed by atoms with Crippen molar-refractivity contribution in [3.05, 3.63) is 72.3 Å². The molecular weight excluding hydrogens is 510 g/mol. The lowest BCUT2D eigenvalue weighted by Gasteiger charge is -2.25. The standard InChI is InChI=1S/C27H31N3O7S/c1-6-22(19-12-14-25(36-4)26(16-19)37-5)28-29-27(31)18-30(38(32,33)21-10-8-7-9-11-21)23-17-20(34-2)13-15-24(23)35-3/h7-17H,6,18H2,1-5H3,(H,29,31)/b28-22+. The molecule has 0 aromatic heterocycles. The summed E-state index contributed by atoms with van der Waals surface area (Å²) < 4.78 is 49.6. The fourth-order valence-corrected chi connectivity index (χ4v) is 5.11. The highest BCUT2D eigenvalue weighted by atomic mass is 32.2. The fraction of sp³-hybridized carbons (Fsp3) is 0.259. The third-order valence-corrected chi connectivity index (χ3v) is 7.41. The maximum Gasteiger partial charge on any atom is 0.264 e. The molecule has 0 aliphatic rings. The molecular formula is C27H31N3O7S. The Kier molecular flexibility index (Phi) is 9.55. The summed E-state index contributed by atoms with van der Waals surface area (Å²) in [6.45, 7) is 1.32. The molecule has 38 heavy (non-hydrogen) atoms. The largest absolute Gasteiger partial charge is 0.497 e. The maximum absolute atomic E-state index is 13.7. The molecule has 0 spiro atoms. The van der Waals surface area contributed by atoms with Crippen LogP contribution in [0.1, 0.15) is 18.9 Å². The number of carbonyl (C=O) groups excluding carboxylic acids is 1. The number of methoxy groups -OCH3 is 4. The van der Waals surface area contributed by atoms with Gasteiger partial charge in [0.1, 0.15) is 18.0 Å². The molecule has 1 amide bonds. The van der Waals surface area contributed by atoms with E-state index in [1.807, 2.05) is 6.92 Å². The summed E-state index contributed by atoms with van der Waals surface area (Å²) in [4.78, 5) is 13.1. The monoisotopic (exact) mass is 541 g/mol. The highest BCUT2D eigenvalue weighted by Gasteiger charge is 2.30. The number of anilines is 1. The van der Waals surface area contributed by atoms with E-state index in [1.54, 1.807) is 55.6 Å². The number of hydrogen-bond donors (Lipinski definition) is 1. The molecule has 0 saturated carbocycles. The number of nitrogens with one attached hydrogen (secondary N) is 1. The minimum atomic E-state index is -4.16. The molecule has 0 unspecified atom stereocenters. The van der Waals surface area contributed by atoms with Crippen molar-refractivity contribution in [1.29, 1.82) is 0 Å². The SMILES string of the molecule is CC/C(=N\NC(=O)CN(c1cc(OC)ccc1OC)S(=O)(=O)c1ccccc1)c1ccc(OC)c(OC)c1.